The van der Waals surface area contributed by atoms with Gasteiger partial charge in [-0.2, -0.15) is 0 Å². The number of Topliss-reactive ketones (excluding diaryl/α,β-unsaturated/α-hetero) is 1. The summed E-state index contributed by atoms with van der Waals surface area (Å²) in [5, 5.41) is 10.6. The van der Waals surface area contributed by atoms with Gasteiger partial charge in [0.1, 0.15) is 5.75 Å². The Bertz CT molecular complexity index is 677. The molecule has 2 aromatic carbocycles. The smallest absolute Gasteiger partial charge is 0.176 e. The Labute approximate surface area is 117 Å². The van der Waals surface area contributed by atoms with Crippen molar-refractivity contribution in [3.63, 3.8) is 0 Å². The molecule has 1 N–H and O–H groups in total. The van der Waals surface area contributed by atoms with Crippen LogP contribution in [0.5, 0.6) is 5.75 Å². The van der Waals surface area contributed by atoms with Crippen LogP contribution in [0.1, 0.15) is 34.5 Å². The Morgan fingerprint density at radius 2 is 1.90 bits per heavy atom. The summed E-state index contributed by atoms with van der Waals surface area (Å²) in [6.07, 6.45) is -0.835. The number of methoxy groups -OCH3 is 1. The third kappa shape index (κ3) is 1.60. The molecule has 20 heavy (non-hydrogen) atoms. The number of benzene rings is 2. The molecule has 0 aliphatic heterocycles. The van der Waals surface area contributed by atoms with E-state index in [4.69, 9.17) is 4.74 Å². The van der Waals surface area contributed by atoms with Crippen LogP contribution >= 0.6 is 0 Å². The van der Waals surface area contributed by atoms with Gasteiger partial charge < -0.3 is 9.84 Å². The molecule has 0 saturated carbocycles. The molecule has 2 unspecified atom stereocenters. The van der Waals surface area contributed by atoms with Gasteiger partial charge in [0, 0.05) is 5.56 Å². The van der Waals surface area contributed by atoms with Gasteiger partial charge in [0.2, 0.25) is 0 Å². The molecule has 0 amide bonds. The molecule has 1 aliphatic rings. The van der Waals surface area contributed by atoms with Crippen molar-refractivity contribution in [2.75, 3.05) is 7.11 Å². The van der Waals surface area contributed by atoms with E-state index in [1.165, 1.54) is 0 Å². The van der Waals surface area contributed by atoms with E-state index < -0.39 is 11.5 Å². The zero-order chi connectivity index (χ0) is 14.3. The van der Waals surface area contributed by atoms with Crippen LogP contribution in [0.15, 0.2) is 48.5 Å². The molecule has 2 atom stereocenters. The SMILES string of the molecule is COc1cccc(C2(C)C(=O)c3ccccc3C2O)c1. The lowest BCUT2D eigenvalue weighted by atomic mass is 9.77. The van der Waals surface area contributed by atoms with E-state index in [0.29, 0.717) is 16.9 Å². The van der Waals surface area contributed by atoms with Crippen LogP contribution in [0.3, 0.4) is 0 Å². The molecular weight excluding hydrogens is 252 g/mol. The summed E-state index contributed by atoms with van der Waals surface area (Å²) in [5.74, 6) is 0.633. The number of carbonyl (C=O) groups excluding carboxylic acids is 1. The van der Waals surface area contributed by atoms with Crippen LogP contribution in [-0.4, -0.2) is 18.0 Å². The monoisotopic (exact) mass is 268 g/mol. The number of hydrogen-bond acceptors (Lipinski definition) is 3. The molecule has 0 saturated heterocycles. The van der Waals surface area contributed by atoms with Gasteiger partial charge >= 0.3 is 0 Å². The highest BCUT2D eigenvalue weighted by Crippen LogP contribution is 2.47. The van der Waals surface area contributed by atoms with Crippen LogP contribution in [-0.2, 0) is 5.41 Å². The summed E-state index contributed by atoms with van der Waals surface area (Å²) >= 11 is 0. The first kappa shape index (κ1) is 12.9. The first-order chi connectivity index (χ1) is 9.59. The van der Waals surface area contributed by atoms with Crippen molar-refractivity contribution < 1.29 is 14.6 Å². The Morgan fingerprint density at radius 1 is 1.15 bits per heavy atom. The van der Waals surface area contributed by atoms with E-state index in [0.717, 1.165) is 5.56 Å². The second-order valence-corrected chi connectivity index (χ2v) is 5.25. The maximum absolute atomic E-state index is 12.7. The minimum Gasteiger partial charge on any atom is -0.497 e. The molecule has 3 nitrogen and oxygen atoms in total. The zero-order valence-electron chi connectivity index (χ0n) is 11.5. The fourth-order valence-corrected chi connectivity index (χ4v) is 2.89. The quantitative estimate of drug-likeness (QED) is 0.911. The lowest BCUT2D eigenvalue weighted by Gasteiger charge is -2.27. The molecule has 2 aromatic rings. The molecule has 3 heteroatoms. The Balaban J connectivity index is 2.16. The van der Waals surface area contributed by atoms with Crippen LogP contribution in [0, 0.1) is 0 Å². The first-order valence-corrected chi connectivity index (χ1v) is 6.55. The number of aliphatic hydroxyl groups excluding tert-OH is 1. The second-order valence-electron chi connectivity index (χ2n) is 5.25. The van der Waals surface area contributed by atoms with Crippen LogP contribution in [0.25, 0.3) is 0 Å². The molecule has 0 heterocycles. The van der Waals surface area contributed by atoms with Crippen molar-refractivity contribution >= 4 is 5.78 Å². The third-order valence-corrected chi connectivity index (χ3v) is 4.19. The second kappa shape index (κ2) is 4.46. The summed E-state index contributed by atoms with van der Waals surface area (Å²) in [6, 6.07) is 14.6. The molecule has 3 rings (SSSR count). The average Bonchev–Trinajstić information content (AvgIpc) is 2.71. The Morgan fingerprint density at radius 3 is 2.60 bits per heavy atom. The summed E-state index contributed by atoms with van der Waals surface area (Å²) in [4.78, 5) is 12.7. The number of carbonyl (C=O) groups is 1. The van der Waals surface area contributed by atoms with E-state index in [-0.39, 0.29) is 5.78 Å². The van der Waals surface area contributed by atoms with Gasteiger partial charge in [-0.05, 0) is 30.2 Å². The standard InChI is InChI=1S/C17H16O3/c1-17(11-6-5-7-12(10-11)20-2)15(18)13-8-3-4-9-14(13)16(17)19/h3-10,15,18H,1-2H3. The maximum Gasteiger partial charge on any atom is 0.176 e. The molecule has 0 fully saturated rings. The summed E-state index contributed by atoms with van der Waals surface area (Å²) in [7, 11) is 1.59. The maximum atomic E-state index is 12.7. The molecule has 0 bridgehead atoms. The lowest BCUT2D eigenvalue weighted by Crippen LogP contribution is -2.33. The molecule has 0 aromatic heterocycles. The van der Waals surface area contributed by atoms with Gasteiger partial charge in [-0.3, -0.25) is 4.79 Å². The van der Waals surface area contributed by atoms with Crippen molar-refractivity contribution in [1.82, 2.24) is 0 Å². The number of hydrogen-bond donors (Lipinski definition) is 1. The minimum absolute atomic E-state index is 0.0474. The van der Waals surface area contributed by atoms with E-state index >= 15 is 0 Å². The van der Waals surface area contributed by atoms with E-state index in [1.807, 2.05) is 42.5 Å². The van der Waals surface area contributed by atoms with Crippen molar-refractivity contribution in [3.8, 4) is 5.75 Å². The lowest BCUT2D eigenvalue weighted by molar-refractivity contribution is 0.0683. The normalized spacial score (nSPS) is 24.6. The highest BCUT2D eigenvalue weighted by Gasteiger charge is 2.50. The molecule has 1 aliphatic carbocycles. The highest BCUT2D eigenvalue weighted by molar-refractivity contribution is 6.08. The van der Waals surface area contributed by atoms with Crippen molar-refractivity contribution in [2.24, 2.45) is 0 Å². The number of ketones is 1. The van der Waals surface area contributed by atoms with E-state index in [1.54, 1.807) is 20.1 Å². The van der Waals surface area contributed by atoms with Gasteiger partial charge in [0.05, 0.1) is 18.6 Å². The highest BCUT2D eigenvalue weighted by atomic mass is 16.5. The Kier molecular flexibility index (Phi) is 2.87. The summed E-state index contributed by atoms with van der Waals surface area (Å²) < 4.78 is 5.21. The van der Waals surface area contributed by atoms with Gasteiger partial charge in [0.25, 0.3) is 0 Å². The van der Waals surface area contributed by atoms with Gasteiger partial charge in [-0.1, -0.05) is 36.4 Å². The van der Waals surface area contributed by atoms with Gasteiger partial charge in [0.15, 0.2) is 5.78 Å². The van der Waals surface area contributed by atoms with Gasteiger partial charge in [-0.25, -0.2) is 0 Å². The predicted octanol–water partition coefficient (Wildman–Crippen LogP) is 2.88. The van der Waals surface area contributed by atoms with Crippen molar-refractivity contribution in [3.05, 3.63) is 65.2 Å². The summed E-state index contributed by atoms with van der Waals surface area (Å²) in [6.45, 7) is 1.79. The number of fused-ring (bicyclic) bond motifs is 1. The number of ether oxygens (including phenoxy) is 1. The number of rotatable bonds is 2. The first-order valence-electron chi connectivity index (χ1n) is 6.55. The van der Waals surface area contributed by atoms with E-state index in [9.17, 15) is 9.90 Å². The van der Waals surface area contributed by atoms with E-state index in [2.05, 4.69) is 0 Å². The average molecular weight is 268 g/mol. The molecule has 102 valence electrons. The van der Waals surface area contributed by atoms with Gasteiger partial charge in [-0.15, -0.1) is 0 Å². The molecule has 0 radical (unpaired) electrons. The zero-order valence-corrected chi connectivity index (χ0v) is 11.5. The van der Waals surface area contributed by atoms with Crippen LogP contribution in [0.2, 0.25) is 0 Å². The minimum atomic E-state index is -0.960. The predicted molar refractivity (Wildman–Crippen MR) is 76.1 cm³/mol. The molecule has 0 spiro atoms. The fraction of sp³-hybridized carbons (Fsp3) is 0.235. The third-order valence-electron chi connectivity index (χ3n) is 4.19. The molecular formula is C17H16O3. The van der Waals surface area contributed by atoms with Crippen LogP contribution < -0.4 is 4.74 Å². The topological polar surface area (TPSA) is 46.5 Å². The van der Waals surface area contributed by atoms with Crippen molar-refractivity contribution in [1.29, 1.82) is 0 Å². The largest absolute Gasteiger partial charge is 0.497 e. The number of aliphatic hydroxyl groups is 1. The fourth-order valence-electron chi connectivity index (χ4n) is 2.89. The van der Waals surface area contributed by atoms with Crippen molar-refractivity contribution in [2.45, 2.75) is 18.4 Å². The Hall–Kier alpha value is -2.13. The van der Waals surface area contributed by atoms with Crippen LogP contribution in [0.4, 0.5) is 0 Å². The summed E-state index contributed by atoms with van der Waals surface area (Å²) in [5.41, 5.74) is 1.11.